The molecule has 15 heavy (non-hydrogen) atoms. The van der Waals surface area contributed by atoms with Gasteiger partial charge in [0.05, 0.1) is 6.61 Å². The summed E-state index contributed by atoms with van der Waals surface area (Å²) in [5, 5.41) is 11.7. The van der Waals surface area contributed by atoms with Crippen LogP contribution in [-0.2, 0) is 9.53 Å². The van der Waals surface area contributed by atoms with Crippen LogP contribution in [0.4, 0.5) is 0 Å². The Bertz CT molecular complexity index is 373. The quantitative estimate of drug-likeness (QED) is 0.397. The highest BCUT2D eigenvalue weighted by Gasteiger charge is 2.15. The van der Waals surface area contributed by atoms with Crippen LogP contribution >= 0.6 is 15.9 Å². The zero-order chi connectivity index (χ0) is 11.3. The molecule has 0 aromatic heterocycles. The molecule has 0 amide bonds. The SMILES string of the molecule is CCOC(=O)C(=NO)c1ccc(Br)cc1. The highest BCUT2D eigenvalue weighted by molar-refractivity contribution is 9.10. The molecule has 1 N–H and O–H groups in total. The number of oxime groups is 1. The molecule has 0 fully saturated rings. The first kappa shape index (κ1) is 11.7. The van der Waals surface area contributed by atoms with Crippen LogP contribution in [0.5, 0.6) is 0 Å². The number of hydrogen-bond acceptors (Lipinski definition) is 4. The highest BCUT2D eigenvalue weighted by atomic mass is 79.9. The maximum atomic E-state index is 11.3. The van der Waals surface area contributed by atoms with Crippen LogP contribution < -0.4 is 0 Å². The zero-order valence-corrected chi connectivity index (χ0v) is 9.69. The predicted molar refractivity (Wildman–Crippen MR) is 59.1 cm³/mol. The second-order valence-corrected chi connectivity index (χ2v) is 3.59. The van der Waals surface area contributed by atoms with E-state index in [4.69, 9.17) is 9.94 Å². The molecular formula is C10H10BrNO3. The predicted octanol–water partition coefficient (Wildman–Crippen LogP) is 2.19. The fourth-order valence-corrected chi connectivity index (χ4v) is 1.29. The number of ether oxygens (including phenoxy) is 1. The van der Waals surface area contributed by atoms with Gasteiger partial charge in [-0.15, -0.1) is 0 Å². The van der Waals surface area contributed by atoms with Crippen LogP contribution in [0.3, 0.4) is 0 Å². The molecule has 0 aliphatic heterocycles. The minimum atomic E-state index is -0.637. The Labute approximate surface area is 95.7 Å². The van der Waals surface area contributed by atoms with E-state index >= 15 is 0 Å². The lowest BCUT2D eigenvalue weighted by molar-refractivity contribution is -0.135. The average Bonchev–Trinajstić information content (AvgIpc) is 2.22. The minimum Gasteiger partial charge on any atom is -0.461 e. The Kier molecular flexibility index (Phi) is 4.30. The molecule has 5 heteroatoms. The third-order valence-electron chi connectivity index (χ3n) is 1.69. The minimum absolute atomic E-state index is 0.0932. The fraction of sp³-hybridized carbons (Fsp3) is 0.200. The summed E-state index contributed by atoms with van der Waals surface area (Å²) < 4.78 is 5.62. The summed E-state index contributed by atoms with van der Waals surface area (Å²) in [6.07, 6.45) is 0. The Hall–Kier alpha value is -1.36. The Morgan fingerprint density at radius 2 is 2.07 bits per heavy atom. The maximum Gasteiger partial charge on any atom is 0.361 e. The van der Waals surface area contributed by atoms with Gasteiger partial charge in [0.15, 0.2) is 5.71 Å². The van der Waals surface area contributed by atoms with E-state index in [0.717, 1.165) is 4.47 Å². The largest absolute Gasteiger partial charge is 0.461 e. The molecule has 0 aliphatic rings. The molecule has 80 valence electrons. The van der Waals surface area contributed by atoms with E-state index in [1.165, 1.54) is 0 Å². The summed E-state index contributed by atoms with van der Waals surface area (Å²) in [7, 11) is 0. The van der Waals surface area contributed by atoms with Crippen molar-refractivity contribution in [1.29, 1.82) is 0 Å². The van der Waals surface area contributed by atoms with Crippen LogP contribution in [0.2, 0.25) is 0 Å². The van der Waals surface area contributed by atoms with Crippen LogP contribution in [0.25, 0.3) is 0 Å². The van der Waals surface area contributed by atoms with Gasteiger partial charge in [-0.2, -0.15) is 0 Å². The van der Waals surface area contributed by atoms with Crippen molar-refractivity contribution in [3.63, 3.8) is 0 Å². The van der Waals surface area contributed by atoms with Crippen LogP contribution in [0, 0.1) is 0 Å². The van der Waals surface area contributed by atoms with Crippen molar-refractivity contribution >= 4 is 27.6 Å². The lowest BCUT2D eigenvalue weighted by Gasteiger charge is -2.03. The highest BCUT2D eigenvalue weighted by Crippen LogP contribution is 2.11. The molecule has 1 aromatic carbocycles. The van der Waals surface area contributed by atoms with Gasteiger partial charge >= 0.3 is 5.97 Å². The Balaban J connectivity index is 2.94. The van der Waals surface area contributed by atoms with E-state index in [-0.39, 0.29) is 12.3 Å². The lowest BCUT2D eigenvalue weighted by atomic mass is 10.1. The molecule has 0 aliphatic carbocycles. The van der Waals surface area contributed by atoms with Gasteiger partial charge in [0.25, 0.3) is 0 Å². The summed E-state index contributed by atoms with van der Waals surface area (Å²) in [6.45, 7) is 1.93. The summed E-state index contributed by atoms with van der Waals surface area (Å²) in [5.41, 5.74) is 0.420. The normalized spacial score (nSPS) is 11.2. The lowest BCUT2D eigenvalue weighted by Crippen LogP contribution is -2.18. The second kappa shape index (κ2) is 5.50. The number of esters is 1. The molecular weight excluding hydrogens is 262 g/mol. The maximum absolute atomic E-state index is 11.3. The molecule has 0 saturated heterocycles. The Morgan fingerprint density at radius 3 is 2.53 bits per heavy atom. The molecule has 0 bridgehead atoms. The van der Waals surface area contributed by atoms with Crippen molar-refractivity contribution in [2.75, 3.05) is 6.61 Å². The van der Waals surface area contributed by atoms with Gasteiger partial charge in [-0.05, 0) is 19.1 Å². The van der Waals surface area contributed by atoms with Crippen molar-refractivity contribution in [3.8, 4) is 0 Å². The molecule has 1 rings (SSSR count). The number of carbonyl (C=O) groups is 1. The van der Waals surface area contributed by atoms with Crippen LogP contribution in [0.15, 0.2) is 33.9 Å². The number of benzene rings is 1. The first-order valence-electron chi connectivity index (χ1n) is 4.34. The first-order valence-corrected chi connectivity index (χ1v) is 5.13. The number of halogens is 1. The summed E-state index contributed by atoms with van der Waals surface area (Å²) in [4.78, 5) is 11.3. The van der Waals surface area contributed by atoms with Gasteiger partial charge in [-0.3, -0.25) is 0 Å². The number of nitrogens with zero attached hydrogens (tertiary/aromatic N) is 1. The van der Waals surface area contributed by atoms with E-state index in [2.05, 4.69) is 21.1 Å². The molecule has 0 atom stereocenters. The van der Waals surface area contributed by atoms with Crippen LogP contribution in [0.1, 0.15) is 12.5 Å². The third-order valence-corrected chi connectivity index (χ3v) is 2.22. The van der Waals surface area contributed by atoms with Gasteiger partial charge in [-0.1, -0.05) is 33.2 Å². The van der Waals surface area contributed by atoms with Gasteiger partial charge in [-0.25, -0.2) is 4.79 Å². The zero-order valence-electron chi connectivity index (χ0n) is 8.11. The van der Waals surface area contributed by atoms with E-state index < -0.39 is 5.97 Å². The van der Waals surface area contributed by atoms with Crippen molar-refractivity contribution in [1.82, 2.24) is 0 Å². The Morgan fingerprint density at radius 1 is 1.47 bits per heavy atom. The molecule has 0 saturated carbocycles. The van der Waals surface area contributed by atoms with Gasteiger partial charge in [0.1, 0.15) is 0 Å². The molecule has 0 unspecified atom stereocenters. The van der Waals surface area contributed by atoms with E-state index in [9.17, 15) is 4.79 Å². The number of hydrogen-bond donors (Lipinski definition) is 1. The van der Waals surface area contributed by atoms with Gasteiger partial charge in [0.2, 0.25) is 0 Å². The topological polar surface area (TPSA) is 58.9 Å². The monoisotopic (exact) mass is 271 g/mol. The first-order chi connectivity index (χ1) is 7.19. The van der Waals surface area contributed by atoms with Gasteiger partial charge in [0, 0.05) is 10.0 Å². The third kappa shape index (κ3) is 3.06. The van der Waals surface area contributed by atoms with Crippen molar-refractivity contribution in [2.24, 2.45) is 5.16 Å². The molecule has 0 heterocycles. The van der Waals surface area contributed by atoms with Crippen molar-refractivity contribution < 1.29 is 14.7 Å². The summed E-state index contributed by atoms with van der Waals surface area (Å²) in [6, 6.07) is 6.82. The van der Waals surface area contributed by atoms with E-state index in [0.29, 0.717) is 5.56 Å². The standard InChI is InChI=1S/C10H10BrNO3/c1-2-15-10(13)9(12-14)7-3-5-8(11)6-4-7/h3-6,14H,2H2,1H3. The second-order valence-electron chi connectivity index (χ2n) is 2.68. The number of carbonyl (C=O) groups excluding carboxylic acids is 1. The summed E-state index contributed by atoms with van der Waals surface area (Å²) >= 11 is 3.27. The van der Waals surface area contributed by atoms with Crippen LogP contribution in [-0.4, -0.2) is 23.5 Å². The smallest absolute Gasteiger partial charge is 0.361 e. The molecule has 4 nitrogen and oxygen atoms in total. The summed E-state index contributed by atoms with van der Waals surface area (Å²) in [5.74, 6) is -0.637. The number of rotatable bonds is 3. The fourth-order valence-electron chi connectivity index (χ4n) is 1.02. The van der Waals surface area contributed by atoms with E-state index in [1.807, 2.05) is 0 Å². The van der Waals surface area contributed by atoms with Crippen molar-refractivity contribution in [3.05, 3.63) is 34.3 Å². The van der Waals surface area contributed by atoms with Gasteiger partial charge < -0.3 is 9.94 Å². The molecule has 1 aromatic rings. The van der Waals surface area contributed by atoms with Crippen molar-refractivity contribution in [2.45, 2.75) is 6.92 Å². The molecule has 0 radical (unpaired) electrons. The average molecular weight is 272 g/mol. The van der Waals surface area contributed by atoms with E-state index in [1.54, 1.807) is 31.2 Å². The molecule has 0 spiro atoms.